The minimum Gasteiger partial charge on any atom is -0.457 e. The summed E-state index contributed by atoms with van der Waals surface area (Å²) in [6.45, 7) is 0. The Balaban J connectivity index is 2.40. The van der Waals surface area contributed by atoms with Gasteiger partial charge in [-0.25, -0.2) is 0 Å². The Morgan fingerprint density at radius 1 is 1.05 bits per heavy atom. The molecule has 0 aliphatic heterocycles. The summed E-state index contributed by atoms with van der Waals surface area (Å²) in [5.41, 5.74) is -1.85. The van der Waals surface area contributed by atoms with Gasteiger partial charge in [-0.1, -0.05) is 11.6 Å². The standard InChI is InChI=1S/C13H7ClF3NO3/c14-9-1-3-11(4-2-9)21-12-6-8(13(15,16)17)5-10(7-12)18(19)20/h1-7H. The zero-order valence-corrected chi connectivity index (χ0v) is 11.0. The van der Waals surface area contributed by atoms with Gasteiger partial charge < -0.3 is 4.74 Å². The van der Waals surface area contributed by atoms with Gasteiger partial charge in [-0.15, -0.1) is 0 Å². The van der Waals surface area contributed by atoms with Gasteiger partial charge in [0, 0.05) is 11.1 Å². The zero-order chi connectivity index (χ0) is 15.6. The maximum atomic E-state index is 12.7. The quantitative estimate of drug-likeness (QED) is 0.587. The van der Waals surface area contributed by atoms with Crippen LogP contribution in [0.4, 0.5) is 18.9 Å². The van der Waals surface area contributed by atoms with E-state index in [1.54, 1.807) is 0 Å². The Morgan fingerprint density at radius 2 is 1.67 bits per heavy atom. The molecule has 2 aromatic carbocycles. The number of nitrogens with zero attached hydrogens (tertiary/aromatic N) is 1. The molecule has 0 N–H and O–H groups in total. The van der Waals surface area contributed by atoms with Gasteiger partial charge in [0.25, 0.3) is 5.69 Å². The minimum atomic E-state index is -4.70. The van der Waals surface area contributed by atoms with E-state index in [1.165, 1.54) is 24.3 Å². The molecule has 2 aromatic rings. The number of nitro benzene ring substituents is 1. The van der Waals surface area contributed by atoms with Gasteiger partial charge in [-0.3, -0.25) is 10.1 Å². The predicted molar refractivity (Wildman–Crippen MR) is 69.6 cm³/mol. The largest absolute Gasteiger partial charge is 0.457 e. The predicted octanol–water partition coefficient (Wildman–Crippen LogP) is 5.06. The second-order valence-electron chi connectivity index (χ2n) is 4.03. The van der Waals surface area contributed by atoms with Crippen LogP contribution in [-0.4, -0.2) is 4.92 Å². The molecule has 0 bridgehead atoms. The van der Waals surface area contributed by atoms with Gasteiger partial charge in [0.15, 0.2) is 0 Å². The number of non-ortho nitro benzene ring substituents is 1. The molecular weight excluding hydrogens is 311 g/mol. The summed E-state index contributed by atoms with van der Waals surface area (Å²) in [6.07, 6.45) is -4.70. The number of nitro groups is 1. The molecule has 2 rings (SSSR count). The van der Waals surface area contributed by atoms with Crippen molar-refractivity contribution >= 4 is 17.3 Å². The minimum absolute atomic E-state index is 0.216. The van der Waals surface area contributed by atoms with Gasteiger partial charge in [-0.05, 0) is 30.3 Å². The van der Waals surface area contributed by atoms with E-state index in [4.69, 9.17) is 16.3 Å². The van der Waals surface area contributed by atoms with Gasteiger partial charge >= 0.3 is 6.18 Å². The van der Waals surface area contributed by atoms with Crippen LogP contribution in [0.2, 0.25) is 5.02 Å². The molecule has 0 fully saturated rings. The second kappa shape index (κ2) is 5.61. The van der Waals surface area contributed by atoms with Crippen LogP contribution >= 0.6 is 11.6 Å². The second-order valence-corrected chi connectivity index (χ2v) is 4.46. The smallest absolute Gasteiger partial charge is 0.416 e. The van der Waals surface area contributed by atoms with E-state index in [9.17, 15) is 23.3 Å². The van der Waals surface area contributed by atoms with Crippen molar-refractivity contribution in [2.24, 2.45) is 0 Å². The topological polar surface area (TPSA) is 52.4 Å². The number of hydrogen-bond donors (Lipinski definition) is 0. The summed E-state index contributed by atoms with van der Waals surface area (Å²) in [7, 11) is 0. The fraction of sp³-hybridized carbons (Fsp3) is 0.0769. The highest BCUT2D eigenvalue weighted by Crippen LogP contribution is 2.36. The Morgan fingerprint density at radius 3 is 2.19 bits per heavy atom. The van der Waals surface area contributed by atoms with E-state index >= 15 is 0 Å². The van der Waals surface area contributed by atoms with Gasteiger partial charge in [-0.2, -0.15) is 13.2 Å². The highest BCUT2D eigenvalue weighted by atomic mass is 35.5. The first-order valence-electron chi connectivity index (χ1n) is 5.56. The van der Waals surface area contributed by atoms with Gasteiger partial charge in [0.2, 0.25) is 0 Å². The molecule has 0 unspecified atom stereocenters. The van der Waals surface area contributed by atoms with Crippen LogP contribution in [0, 0.1) is 10.1 Å². The third-order valence-corrected chi connectivity index (χ3v) is 2.73. The van der Waals surface area contributed by atoms with Crippen LogP contribution in [0.15, 0.2) is 42.5 Å². The molecule has 0 saturated carbocycles. The highest BCUT2D eigenvalue weighted by Gasteiger charge is 2.33. The Kier molecular flexibility index (Phi) is 4.04. The van der Waals surface area contributed by atoms with Crippen molar-refractivity contribution in [1.82, 2.24) is 0 Å². The first-order chi connectivity index (χ1) is 9.75. The third kappa shape index (κ3) is 3.85. The molecule has 0 aliphatic carbocycles. The first kappa shape index (κ1) is 15.1. The molecule has 0 saturated heterocycles. The Hall–Kier alpha value is -2.28. The fourth-order valence-electron chi connectivity index (χ4n) is 1.55. The lowest BCUT2D eigenvalue weighted by atomic mass is 10.2. The van der Waals surface area contributed by atoms with Crippen LogP contribution in [0.3, 0.4) is 0 Å². The number of benzene rings is 2. The molecule has 8 heteroatoms. The lowest BCUT2D eigenvalue weighted by Gasteiger charge is -2.10. The molecule has 0 heterocycles. The summed E-state index contributed by atoms with van der Waals surface area (Å²) in [5.74, 6) is -0.0631. The normalized spacial score (nSPS) is 11.2. The molecule has 0 spiro atoms. The van der Waals surface area contributed by atoms with Crippen LogP contribution in [0.1, 0.15) is 5.56 Å². The average Bonchev–Trinajstić information content (AvgIpc) is 2.40. The molecule has 0 aliphatic rings. The van der Waals surface area contributed by atoms with Crippen molar-refractivity contribution in [2.45, 2.75) is 6.18 Å². The Bertz CT molecular complexity index is 671. The summed E-state index contributed by atoms with van der Waals surface area (Å²) in [5, 5.41) is 11.1. The van der Waals surface area contributed by atoms with Crippen LogP contribution in [-0.2, 0) is 6.18 Å². The van der Waals surface area contributed by atoms with Crippen molar-refractivity contribution in [2.75, 3.05) is 0 Å². The summed E-state index contributed by atoms with van der Waals surface area (Å²) >= 11 is 5.67. The molecule has 4 nitrogen and oxygen atoms in total. The van der Waals surface area contributed by atoms with Crippen molar-refractivity contribution in [3.05, 3.63) is 63.2 Å². The lowest BCUT2D eigenvalue weighted by Crippen LogP contribution is -2.06. The lowest BCUT2D eigenvalue weighted by molar-refractivity contribution is -0.385. The summed E-state index contributed by atoms with van der Waals surface area (Å²) in [6, 6.07) is 7.92. The molecule has 0 radical (unpaired) electrons. The fourth-order valence-corrected chi connectivity index (χ4v) is 1.68. The van der Waals surface area contributed by atoms with Crippen LogP contribution in [0.25, 0.3) is 0 Å². The van der Waals surface area contributed by atoms with Crippen LogP contribution in [0.5, 0.6) is 11.5 Å². The van der Waals surface area contributed by atoms with Crippen molar-refractivity contribution < 1.29 is 22.8 Å². The average molecular weight is 318 g/mol. The van der Waals surface area contributed by atoms with E-state index in [0.717, 1.165) is 6.07 Å². The number of alkyl halides is 3. The summed E-state index contributed by atoms with van der Waals surface area (Å²) < 4.78 is 43.3. The molecular formula is C13H7ClF3NO3. The molecule has 0 aromatic heterocycles. The van der Waals surface area contributed by atoms with Gasteiger partial charge in [0.05, 0.1) is 16.6 Å². The Labute approximate surface area is 121 Å². The highest BCUT2D eigenvalue weighted by molar-refractivity contribution is 6.30. The van der Waals surface area contributed by atoms with E-state index in [-0.39, 0.29) is 11.5 Å². The summed E-state index contributed by atoms with van der Waals surface area (Å²) in [4.78, 5) is 9.78. The molecule has 0 atom stereocenters. The third-order valence-electron chi connectivity index (χ3n) is 2.48. The number of rotatable bonds is 3. The molecule has 0 amide bonds. The molecule has 110 valence electrons. The maximum absolute atomic E-state index is 12.7. The van der Waals surface area contributed by atoms with Crippen molar-refractivity contribution in [3.8, 4) is 11.5 Å². The monoisotopic (exact) mass is 317 g/mol. The zero-order valence-electron chi connectivity index (χ0n) is 10.2. The van der Waals surface area contributed by atoms with Crippen molar-refractivity contribution in [3.63, 3.8) is 0 Å². The van der Waals surface area contributed by atoms with E-state index in [0.29, 0.717) is 17.2 Å². The van der Waals surface area contributed by atoms with Crippen molar-refractivity contribution in [1.29, 1.82) is 0 Å². The van der Waals surface area contributed by atoms with E-state index in [1.807, 2.05) is 0 Å². The maximum Gasteiger partial charge on any atom is 0.416 e. The SMILES string of the molecule is O=[N+]([O-])c1cc(Oc2ccc(Cl)cc2)cc(C(F)(F)F)c1. The van der Waals surface area contributed by atoms with Crippen LogP contribution < -0.4 is 4.74 Å². The number of hydrogen-bond acceptors (Lipinski definition) is 3. The van der Waals surface area contributed by atoms with Gasteiger partial charge in [0.1, 0.15) is 11.5 Å². The number of ether oxygens (including phenoxy) is 1. The van der Waals surface area contributed by atoms with E-state index < -0.39 is 22.4 Å². The first-order valence-corrected chi connectivity index (χ1v) is 5.93. The number of halogens is 4. The van der Waals surface area contributed by atoms with E-state index in [2.05, 4.69) is 0 Å². The molecule has 21 heavy (non-hydrogen) atoms.